The molecule has 2 heterocycles. The molecule has 0 unspecified atom stereocenters. The average Bonchev–Trinajstić information content (AvgIpc) is 2.53. The highest BCUT2D eigenvalue weighted by Gasteiger charge is 2.17. The van der Waals surface area contributed by atoms with Crippen molar-refractivity contribution in [1.29, 1.82) is 0 Å². The fourth-order valence-corrected chi connectivity index (χ4v) is 2.14. The molecule has 1 fully saturated rings. The van der Waals surface area contributed by atoms with E-state index in [1.165, 1.54) is 12.8 Å². The van der Waals surface area contributed by atoms with Crippen molar-refractivity contribution < 1.29 is 0 Å². The van der Waals surface area contributed by atoms with Crippen LogP contribution in [0.2, 0.25) is 0 Å². The fourth-order valence-electron chi connectivity index (χ4n) is 1.52. The van der Waals surface area contributed by atoms with E-state index in [2.05, 4.69) is 38.2 Å². The van der Waals surface area contributed by atoms with Crippen LogP contribution in [0.15, 0.2) is 6.20 Å². The zero-order valence-electron chi connectivity index (χ0n) is 6.70. The summed E-state index contributed by atoms with van der Waals surface area (Å²) >= 11 is 2.27. The van der Waals surface area contributed by atoms with E-state index in [-0.39, 0.29) is 0 Å². The molecule has 2 rings (SSSR count). The molecule has 4 nitrogen and oxygen atoms in total. The van der Waals surface area contributed by atoms with E-state index >= 15 is 0 Å². The Morgan fingerprint density at radius 1 is 1.67 bits per heavy atom. The summed E-state index contributed by atoms with van der Waals surface area (Å²) in [4.78, 5) is 0. The van der Waals surface area contributed by atoms with E-state index < -0.39 is 0 Å². The van der Waals surface area contributed by atoms with Gasteiger partial charge in [-0.1, -0.05) is 5.21 Å². The summed E-state index contributed by atoms with van der Waals surface area (Å²) in [5.41, 5.74) is 0. The van der Waals surface area contributed by atoms with Crippen LogP contribution in [0.1, 0.15) is 18.9 Å². The maximum Gasteiger partial charge on any atom is 0.119 e. The third kappa shape index (κ3) is 1.61. The predicted octanol–water partition coefficient (Wildman–Crippen LogP) is 0.807. The first-order chi connectivity index (χ1) is 5.88. The predicted molar refractivity (Wildman–Crippen MR) is 53.9 cm³/mol. The standard InChI is InChI=1S/C7H11IN4/c8-7-5-10-11-12(7)6-2-1-3-9-4-6/h5-6,9H,1-4H2/t6-/m1/s1. The van der Waals surface area contributed by atoms with Gasteiger partial charge in [-0.2, -0.15) is 0 Å². The van der Waals surface area contributed by atoms with Gasteiger partial charge in [0.25, 0.3) is 0 Å². The highest BCUT2D eigenvalue weighted by atomic mass is 127. The highest BCUT2D eigenvalue weighted by Crippen LogP contribution is 2.17. The van der Waals surface area contributed by atoms with Crippen LogP contribution in [0.5, 0.6) is 0 Å². The lowest BCUT2D eigenvalue weighted by Gasteiger charge is -2.22. The summed E-state index contributed by atoms with van der Waals surface area (Å²) in [6, 6.07) is 0.508. The number of nitrogens with zero attached hydrogens (tertiary/aromatic N) is 3. The molecule has 1 saturated heterocycles. The number of hydrogen-bond donors (Lipinski definition) is 1. The number of aromatic nitrogens is 3. The van der Waals surface area contributed by atoms with Gasteiger partial charge in [-0.3, -0.25) is 0 Å². The van der Waals surface area contributed by atoms with E-state index in [0.29, 0.717) is 6.04 Å². The molecule has 0 aliphatic carbocycles. The monoisotopic (exact) mass is 278 g/mol. The molecule has 1 aromatic rings. The lowest BCUT2D eigenvalue weighted by Crippen LogP contribution is -2.32. The van der Waals surface area contributed by atoms with Gasteiger partial charge in [-0.05, 0) is 42.0 Å². The van der Waals surface area contributed by atoms with E-state index in [0.717, 1.165) is 16.8 Å². The van der Waals surface area contributed by atoms with Crippen LogP contribution in [0.25, 0.3) is 0 Å². The molecule has 0 aromatic carbocycles. The normalized spacial score (nSPS) is 24.2. The second-order valence-corrected chi connectivity index (χ2v) is 4.11. The zero-order chi connectivity index (χ0) is 8.39. The minimum atomic E-state index is 0.508. The van der Waals surface area contributed by atoms with Gasteiger partial charge >= 0.3 is 0 Å². The van der Waals surface area contributed by atoms with Crippen LogP contribution < -0.4 is 5.32 Å². The van der Waals surface area contributed by atoms with Crippen molar-refractivity contribution >= 4 is 22.6 Å². The molecule has 1 atom stereocenters. The van der Waals surface area contributed by atoms with Crippen molar-refractivity contribution in [3.63, 3.8) is 0 Å². The van der Waals surface area contributed by atoms with Crippen molar-refractivity contribution in [1.82, 2.24) is 20.3 Å². The Morgan fingerprint density at radius 2 is 2.58 bits per heavy atom. The second kappa shape index (κ2) is 3.69. The quantitative estimate of drug-likeness (QED) is 0.773. The van der Waals surface area contributed by atoms with Gasteiger partial charge in [-0.25, -0.2) is 4.68 Å². The smallest absolute Gasteiger partial charge is 0.119 e. The van der Waals surface area contributed by atoms with Gasteiger partial charge < -0.3 is 5.32 Å². The lowest BCUT2D eigenvalue weighted by molar-refractivity contribution is 0.336. The maximum absolute atomic E-state index is 4.06. The lowest BCUT2D eigenvalue weighted by atomic mass is 10.1. The molecule has 1 aromatic heterocycles. The van der Waals surface area contributed by atoms with Gasteiger partial charge in [0, 0.05) is 6.54 Å². The Morgan fingerprint density at radius 3 is 3.17 bits per heavy atom. The molecule has 1 N–H and O–H groups in total. The van der Waals surface area contributed by atoms with Crippen LogP contribution in [-0.4, -0.2) is 28.1 Å². The Labute approximate surface area is 84.9 Å². The summed E-state index contributed by atoms with van der Waals surface area (Å²) in [5.74, 6) is 0. The van der Waals surface area contributed by atoms with Crippen molar-refractivity contribution in [2.75, 3.05) is 13.1 Å². The van der Waals surface area contributed by atoms with Gasteiger partial charge in [0.2, 0.25) is 0 Å². The molecule has 1 aliphatic rings. The van der Waals surface area contributed by atoms with Crippen LogP contribution in [0.4, 0.5) is 0 Å². The third-order valence-electron chi connectivity index (χ3n) is 2.15. The van der Waals surface area contributed by atoms with Gasteiger partial charge in [0.05, 0.1) is 12.2 Å². The van der Waals surface area contributed by atoms with Crippen molar-refractivity contribution in [2.24, 2.45) is 0 Å². The molecule has 0 spiro atoms. The molecular weight excluding hydrogens is 267 g/mol. The summed E-state index contributed by atoms with van der Waals surface area (Å²) in [7, 11) is 0. The zero-order valence-corrected chi connectivity index (χ0v) is 8.86. The van der Waals surface area contributed by atoms with E-state index in [1.807, 2.05) is 4.68 Å². The van der Waals surface area contributed by atoms with Crippen LogP contribution in [0.3, 0.4) is 0 Å². The molecule has 1 aliphatic heterocycles. The second-order valence-electron chi connectivity index (χ2n) is 3.00. The molecule has 0 amide bonds. The number of hydrogen-bond acceptors (Lipinski definition) is 3. The Hall–Kier alpha value is -0.170. The van der Waals surface area contributed by atoms with Crippen LogP contribution in [-0.2, 0) is 0 Å². The summed E-state index contributed by atoms with van der Waals surface area (Å²) < 4.78 is 3.13. The van der Waals surface area contributed by atoms with Crippen molar-refractivity contribution in [2.45, 2.75) is 18.9 Å². The molecule has 0 radical (unpaired) electrons. The largest absolute Gasteiger partial charge is 0.315 e. The molecule has 66 valence electrons. The summed E-state index contributed by atoms with van der Waals surface area (Å²) in [6.07, 6.45) is 4.25. The molecule has 12 heavy (non-hydrogen) atoms. The Bertz CT molecular complexity index is 254. The van der Waals surface area contributed by atoms with Crippen molar-refractivity contribution in [3.8, 4) is 0 Å². The highest BCUT2D eigenvalue weighted by molar-refractivity contribution is 14.1. The first kappa shape index (κ1) is 8.43. The van der Waals surface area contributed by atoms with Crippen molar-refractivity contribution in [3.05, 3.63) is 9.90 Å². The molecule has 0 bridgehead atoms. The SMILES string of the molecule is Ic1cnnn1[C@@H]1CCCNC1. The molecule has 5 heteroatoms. The number of halogens is 1. The van der Waals surface area contributed by atoms with Crippen LogP contribution >= 0.6 is 22.6 Å². The average molecular weight is 278 g/mol. The Kier molecular flexibility index (Phi) is 2.60. The van der Waals surface area contributed by atoms with E-state index in [1.54, 1.807) is 6.20 Å². The van der Waals surface area contributed by atoms with E-state index in [4.69, 9.17) is 0 Å². The van der Waals surface area contributed by atoms with Gasteiger partial charge in [0.15, 0.2) is 0 Å². The first-order valence-corrected chi connectivity index (χ1v) is 5.22. The molecule has 0 saturated carbocycles. The Balaban J connectivity index is 2.13. The van der Waals surface area contributed by atoms with Gasteiger partial charge in [0.1, 0.15) is 3.70 Å². The fraction of sp³-hybridized carbons (Fsp3) is 0.714. The minimum absolute atomic E-state index is 0.508. The minimum Gasteiger partial charge on any atom is -0.315 e. The van der Waals surface area contributed by atoms with E-state index in [9.17, 15) is 0 Å². The topological polar surface area (TPSA) is 42.7 Å². The van der Waals surface area contributed by atoms with Crippen LogP contribution in [0, 0.1) is 3.70 Å². The maximum atomic E-state index is 4.06. The number of nitrogens with one attached hydrogen (secondary N) is 1. The number of rotatable bonds is 1. The van der Waals surface area contributed by atoms with Gasteiger partial charge in [-0.15, -0.1) is 5.10 Å². The first-order valence-electron chi connectivity index (χ1n) is 4.14. The number of piperidine rings is 1. The summed E-state index contributed by atoms with van der Waals surface area (Å²) in [6.45, 7) is 2.17. The summed E-state index contributed by atoms with van der Waals surface area (Å²) in [5, 5.41) is 11.3. The third-order valence-corrected chi connectivity index (χ3v) is 2.92. The molecular formula is C7H11IN4.